The molecule has 0 saturated heterocycles. The monoisotopic (exact) mass is 379 g/mol. The Kier molecular flexibility index (Phi) is 7.16. The lowest BCUT2D eigenvalue weighted by Gasteiger charge is -2.11. The Balaban J connectivity index is 1.73. The van der Waals surface area contributed by atoms with Crippen LogP contribution in [0.25, 0.3) is 0 Å². The van der Waals surface area contributed by atoms with Crippen LogP contribution in [0.1, 0.15) is 22.9 Å². The molecule has 0 amide bonds. The topological polar surface area (TPSA) is 109 Å². The molecular formula is C17H25N5O3S. The molecule has 0 aliphatic heterocycles. The molecule has 0 bridgehead atoms. The minimum atomic E-state index is -3.38. The molecule has 1 heterocycles. The molecule has 2 aromatic rings. The van der Waals surface area contributed by atoms with Crippen LogP contribution < -0.4 is 15.4 Å². The molecule has 26 heavy (non-hydrogen) atoms. The fraction of sp³-hybridized carbons (Fsp3) is 0.412. The molecule has 0 atom stereocenters. The lowest BCUT2D eigenvalue weighted by atomic mass is 10.2. The molecule has 0 fully saturated rings. The minimum absolute atomic E-state index is 0.0578. The maximum absolute atomic E-state index is 12.1. The van der Waals surface area contributed by atoms with E-state index in [0.717, 1.165) is 17.0 Å². The van der Waals surface area contributed by atoms with Gasteiger partial charge in [-0.05, 0) is 19.4 Å². The van der Waals surface area contributed by atoms with Crippen molar-refractivity contribution >= 4 is 16.0 Å². The summed E-state index contributed by atoms with van der Waals surface area (Å²) < 4.78 is 32.2. The first kappa shape index (κ1) is 19.9. The van der Waals surface area contributed by atoms with Crippen LogP contribution in [0, 0.1) is 13.8 Å². The van der Waals surface area contributed by atoms with E-state index in [0.29, 0.717) is 18.4 Å². The van der Waals surface area contributed by atoms with Crippen LogP contribution in [0.15, 0.2) is 39.7 Å². The predicted molar refractivity (Wildman–Crippen MR) is 101 cm³/mol. The van der Waals surface area contributed by atoms with Crippen molar-refractivity contribution in [1.82, 2.24) is 20.3 Å². The molecular weight excluding hydrogens is 354 g/mol. The first-order valence-electron chi connectivity index (χ1n) is 8.28. The van der Waals surface area contributed by atoms with E-state index in [9.17, 15) is 8.42 Å². The van der Waals surface area contributed by atoms with Crippen LogP contribution in [-0.4, -0.2) is 38.7 Å². The second-order valence-corrected chi connectivity index (χ2v) is 7.65. The fourth-order valence-electron chi connectivity index (χ4n) is 2.16. The first-order valence-corrected chi connectivity index (χ1v) is 9.93. The Morgan fingerprint density at radius 3 is 2.50 bits per heavy atom. The summed E-state index contributed by atoms with van der Waals surface area (Å²) in [6, 6.07) is 9.38. The van der Waals surface area contributed by atoms with Crippen molar-refractivity contribution in [2.75, 3.05) is 19.3 Å². The summed E-state index contributed by atoms with van der Waals surface area (Å²) in [6.45, 7) is 4.61. The van der Waals surface area contributed by atoms with Crippen LogP contribution >= 0.6 is 0 Å². The van der Waals surface area contributed by atoms with Crippen molar-refractivity contribution in [2.24, 2.45) is 4.99 Å². The van der Waals surface area contributed by atoms with Crippen LogP contribution in [0.5, 0.6) is 0 Å². The van der Waals surface area contributed by atoms with Crippen molar-refractivity contribution in [3.63, 3.8) is 0 Å². The molecule has 0 radical (unpaired) electrons. The fourth-order valence-corrected chi connectivity index (χ4v) is 3.06. The normalized spacial score (nSPS) is 12.2. The number of nitrogens with one attached hydrogen (secondary N) is 3. The Bertz CT molecular complexity index is 812. The van der Waals surface area contributed by atoms with Gasteiger partial charge in [0.2, 0.25) is 15.9 Å². The van der Waals surface area contributed by atoms with Crippen molar-refractivity contribution in [3.8, 4) is 0 Å². The maximum Gasteiger partial charge on any atom is 0.214 e. The number of guanidine groups is 1. The molecule has 9 heteroatoms. The van der Waals surface area contributed by atoms with Gasteiger partial charge < -0.3 is 15.1 Å². The average Bonchev–Trinajstić information content (AvgIpc) is 2.95. The lowest BCUT2D eigenvalue weighted by molar-refractivity contribution is 0.464. The van der Waals surface area contributed by atoms with Gasteiger partial charge in [0.1, 0.15) is 5.76 Å². The number of rotatable bonds is 8. The van der Waals surface area contributed by atoms with Crippen LogP contribution in [0.4, 0.5) is 0 Å². The van der Waals surface area contributed by atoms with E-state index in [1.807, 2.05) is 44.2 Å². The van der Waals surface area contributed by atoms with Gasteiger partial charge >= 0.3 is 0 Å². The van der Waals surface area contributed by atoms with Gasteiger partial charge in [-0.1, -0.05) is 30.3 Å². The zero-order valence-corrected chi connectivity index (χ0v) is 16.1. The van der Waals surface area contributed by atoms with E-state index in [4.69, 9.17) is 4.42 Å². The van der Waals surface area contributed by atoms with Gasteiger partial charge in [0.15, 0.2) is 5.96 Å². The van der Waals surface area contributed by atoms with Crippen molar-refractivity contribution in [1.29, 1.82) is 0 Å². The summed E-state index contributed by atoms with van der Waals surface area (Å²) in [5.41, 5.74) is 1.76. The summed E-state index contributed by atoms with van der Waals surface area (Å²) >= 11 is 0. The molecule has 2 rings (SSSR count). The third-order valence-electron chi connectivity index (χ3n) is 3.71. The number of hydrogen-bond acceptors (Lipinski definition) is 5. The number of aryl methyl sites for hydroxylation is 2. The SMILES string of the molecule is CN=C(NCCS(=O)(=O)NCc1ccccc1)NCc1nc(C)c(C)o1. The van der Waals surface area contributed by atoms with E-state index in [2.05, 4.69) is 25.3 Å². The second kappa shape index (κ2) is 9.35. The summed E-state index contributed by atoms with van der Waals surface area (Å²) in [7, 11) is -1.76. The van der Waals surface area contributed by atoms with E-state index in [-0.39, 0.29) is 18.8 Å². The van der Waals surface area contributed by atoms with E-state index in [1.54, 1.807) is 7.05 Å². The zero-order valence-electron chi connectivity index (χ0n) is 15.2. The quantitative estimate of drug-likeness (QED) is 0.468. The van der Waals surface area contributed by atoms with Gasteiger partial charge in [-0.15, -0.1) is 0 Å². The van der Waals surface area contributed by atoms with Crippen LogP contribution in [-0.2, 0) is 23.1 Å². The largest absolute Gasteiger partial charge is 0.444 e. The number of aromatic nitrogens is 1. The highest BCUT2D eigenvalue weighted by Gasteiger charge is 2.11. The van der Waals surface area contributed by atoms with Crippen LogP contribution in [0.2, 0.25) is 0 Å². The van der Waals surface area contributed by atoms with Gasteiger partial charge in [0.25, 0.3) is 0 Å². The number of nitrogens with zero attached hydrogens (tertiary/aromatic N) is 2. The standard InChI is InChI=1S/C17H25N5O3S/c1-13-14(2)25-16(22-13)12-20-17(18-3)19-9-10-26(23,24)21-11-15-7-5-4-6-8-15/h4-8,21H,9-12H2,1-3H3,(H2,18,19,20). The molecule has 0 aliphatic rings. The Morgan fingerprint density at radius 1 is 1.15 bits per heavy atom. The molecule has 3 N–H and O–H groups in total. The summed E-state index contributed by atoms with van der Waals surface area (Å²) in [5.74, 6) is 1.76. The van der Waals surface area contributed by atoms with Crippen LogP contribution in [0.3, 0.4) is 0 Å². The van der Waals surface area contributed by atoms with Crippen molar-refractivity contribution in [3.05, 3.63) is 53.2 Å². The highest BCUT2D eigenvalue weighted by molar-refractivity contribution is 7.89. The molecule has 0 unspecified atom stereocenters. The Labute approximate surface area is 154 Å². The Morgan fingerprint density at radius 2 is 1.88 bits per heavy atom. The summed E-state index contributed by atoms with van der Waals surface area (Å²) in [6.07, 6.45) is 0. The molecule has 0 spiro atoms. The number of aliphatic imine (C=N–C) groups is 1. The first-order chi connectivity index (χ1) is 12.4. The molecule has 142 valence electrons. The molecule has 8 nitrogen and oxygen atoms in total. The second-order valence-electron chi connectivity index (χ2n) is 5.73. The Hall–Kier alpha value is -2.39. The molecule has 1 aromatic heterocycles. The van der Waals surface area contributed by atoms with E-state index < -0.39 is 10.0 Å². The number of benzene rings is 1. The third kappa shape index (κ3) is 6.49. The summed E-state index contributed by atoms with van der Waals surface area (Å²) in [4.78, 5) is 8.33. The number of sulfonamides is 1. The summed E-state index contributed by atoms with van der Waals surface area (Å²) in [5, 5.41) is 6.00. The van der Waals surface area contributed by atoms with Crippen molar-refractivity contribution in [2.45, 2.75) is 26.9 Å². The number of hydrogen-bond donors (Lipinski definition) is 3. The lowest BCUT2D eigenvalue weighted by Crippen LogP contribution is -2.40. The highest BCUT2D eigenvalue weighted by Crippen LogP contribution is 2.07. The van der Waals surface area contributed by atoms with E-state index >= 15 is 0 Å². The highest BCUT2D eigenvalue weighted by atomic mass is 32.2. The molecule has 0 aliphatic carbocycles. The van der Waals surface area contributed by atoms with Gasteiger partial charge in [-0.2, -0.15) is 0 Å². The van der Waals surface area contributed by atoms with Gasteiger partial charge in [-0.3, -0.25) is 4.99 Å². The molecule has 1 aromatic carbocycles. The van der Waals surface area contributed by atoms with E-state index in [1.165, 1.54) is 0 Å². The average molecular weight is 379 g/mol. The maximum atomic E-state index is 12.1. The van der Waals surface area contributed by atoms with Gasteiger partial charge in [0.05, 0.1) is 18.0 Å². The zero-order chi connectivity index (χ0) is 19.0. The number of oxazole rings is 1. The van der Waals surface area contributed by atoms with Gasteiger partial charge in [-0.25, -0.2) is 18.1 Å². The third-order valence-corrected chi connectivity index (χ3v) is 5.03. The smallest absolute Gasteiger partial charge is 0.214 e. The van der Waals surface area contributed by atoms with Gasteiger partial charge in [0, 0.05) is 20.1 Å². The minimum Gasteiger partial charge on any atom is -0.444 e. The van der Waals surface area contributed by atoms with Crippen molar-refractivity contribution < 1.29 is 12.8 Å². The predicted octanol–water partition coefficient (Wildman–Crippen LogP) is 1.08. The molecule has 0 saturated carbocycles.